The standard InChI is InChI=1S/C17H23ClN4O4/c1-3-26-17(25)22-9-7-21(8-10-22)15(23)12(2)19-16(24)20-14-6-4-5-13(18)11-14/h4-6,11-12H,3,7-10H2,1-2H3,(H2,19,20,24)/t12-/m0/s1. The predicted octanol–water partition coefficient (Wildman–Crippen LogP) is 2.15. The van der Waals surface area contributed by atoms with E-state index in [0.29, 0.717) is 43.5 Å². The smallest absolute Gasteiger partial charge is 0.409 e. The largest absolute Gasteiger partial charge is 0.450 e. The molecular weight excluding hydrogens is 360 g/mol. The van der Waals surface area contributed by atoms with E-state index >= 15 is 0 Å². The molecule has 0 saturated carbocycles. The highest BCUT2D eigenvalue weighted by Crippen LogP contribution is 2.14. The first-order valence-electron chi connectivity index (χ1n) is 8.44. The van der Waals surface area contributed by atoms with Gasteiger partial charge in [-0.15, -0.1) is 0 Å². The molecule has 0 radical (unpaired) electrons. The van der Waals surface area contributed by atoms with Crippen LogP contribution >= 0.6 is 11.6 Å². The number of anilines is 1. The number of ether oxygens (including phenoxy) is 1. The van der Waals surface area contributed by atoms with E-state index in [1.165, 1.54) is 0 Å². The fourth-order valence-electron chi connectivity index (χ4n) is 2.59. The summed E-state index contributed by atoms with van der Waals surface area (Å²) < 4.78 is 4.95. The molecule has 1 aromatic rings. The zero-order valence-corrected chi connectivity index (χ0v) is 15.6. The second kappa shape index (κ2) is 9.28. The van der Waals surface area contributed by atoms with Gasteiger partial charge in [0.2, 0.25) is 5.91 Å². The third-order valence-electron chi connectivity index (χ3n) is 3.92. The Morgan fingerprint density at radius 2 is 1.85 bits per heavy atom. The predicted molar refractivity (Wildman–Crippen MR) is 98.2 cm³/mol. The lowest BCUT2D eigenvalue weighted by Crippen LogP contribution is -2.55. The summed E-state index contributed by atoms with van der Waals surface area (Å²) in [6, 6.07) is 5.55. The number of halogens is 1. The number of urea groups is 1. The van der Waals surface area contributed by atoms with Gasteiger partial charge in [0, 0.05) is 36.9 Å². The Morgan fingerprint density at radius 1 is 1.19 bits per heavy atom. The lowest BCUT2D eigenvalue weighted by atomic mass is 10.2. The number of benzene rings is 1. The fourth-order valence-corrected chi connectivity index (χ4v) is 2.78. The van der Waals surface area contributed by atoms with Crippen LogP contribution in [0.2, 0.25) is 5.02 Å². The molecule has 8 nitrogen and oxygen atoms in total. The summed E-state index contributed by atoms with van der Waals surface area (Å²) in [5, 5.41) is 5.75. The Hall–Kier alpha value is -2.48. The summed E-state index contributed by atoms with van der Waals surface area (Å²) in [6.07, 6.45) is -0.369. The van der Waals surface area contributed by atoms with Crippen LogP contribution in [-0.4, -0.2) is 66.7 Å². The van der Waals surface area contributed by atoms with Gasteiger partial charge < -0.3 is 25.2 Å². The summed E-state index contributed by atoms with van der Waals surface area (Å²) in [5.41, 5.74) is 0.540. The Morgan fingerprint density at radius 3 is 2.46 bits per heavy atom. The van der Waals surface area contributed by atoms with Crippen LogP contribution in [0.4, 0.5) is 15.3 Å². The molecular formula is C17H23ClN4O4. The first-order chi connectivity index (χ1) is 12.4. The van der Waals surface area contributed by atoms with Gasteiger partial charge in [-0.1, -0.05) is 17.7 Å². The molecule has 1 aliphatic heterocycles. The van der Waals surface area contributed by atoms with Crippen LogP contribution < -0.4 is 10.6 Å². The van der Waals surface area contributed by atoms with Crippen LogP contribution in [0, 0.1) is 0 Å². The van der Waals surface area contributed by atoms with E-state index in [4.69, 9.17) is 16.3 Å². The molecule has 2 N–H and O–H groups in total. The van der Waals surface area contributed by atoms with Crippen molar-refractivity contribution in [2.24, 2.45) is 0 Å². The minimum Gasteiger partial charge on any atom is -0.450 e. The summed E-state index contributed by atoms with van der Waals surface area (Å²) >= 11 is 5.87. The van der Waals surface area contributed by atoms with E-state index in [2.05, 4.69) is 10.6 Å². The number of nitrogens with zero attached hydrogens (tertiary/aromatic N) is 2. The quantitative estimate of drug-likeness (QED) is 0.834. The Kier molecular flexibility index (Phi) is 7.08. The third kappa shape index (κ3) is 5.52. The molecule has 1 aliphatic rings. The van der Waals surface area contributed by atoms with Crippen LogP contribution in [0.25, 0.3) is 0 Å². The van der Waals surface area contributed by atoms with Gasteiger partial charge in [-0.3, -0.25) is 4.79 Å². The molecule has 9 heteroatoms. The molecule has 1 aromatic carbocycles. The van der Waals surface area contributed by atoms with Crippen LogP contribution in [0.5, 0.6) is 0 Å². The minimum absolute atomic E-state index is 0.199. The molecule has 0 aromatic heterocycles. The van der Waals surface area contributed by atoms with Crippen molar-refractivity contribution in [3.63, 3.8) is 0 Å². The van der Waals surface area contributed by atoms with Crippen LogP contribution in [0.15, 0.2) is 24.3 Å². The molecule has 2 rings (SSSR count). The first kappa shape index (κ1) is 19.8. The SMILES string of the molecule is CCOC(=O)N1CCN(C(=O)[C@H](C)NC(=O)Nc2cccc(Cl)c2)CC1. The molecule has 26 heavy (non-hydrogen) atoms. The minimum atomic E-state index is -0.691. The summed E-state index contributed by atoms with van der Waals surface area (Å²) in [7, 11) is 0. The Balaban J connectivity index is 1.80. The third-order valence-corrected chi connectivity index (χ3v) is 4.15. The number of nitrogens with one attached hydrogen (secondary N) is 2. The maximum atomic E-state index is 12.5. The summed E-state index contributed by atoms with van der Waals surface area (Å²) in [6.45, 7) is 5.31. The van der Waals surface area contributed by atoms with Crippen LogP contribution in [0.1, 0.15) is 13.8 Å². The van der Waals surface area contributed by atoms with Gasteiger partial charge in [0.15, 0.2) is 0 Å². The first-order valence-corrected chi connectivity index (χ1v) is 8.82. The van der Waals surface area contributed by atoms with Gasteiger partial charge >= 0.3 is 12.1 Å². The molecule has 1 saturated heterocycles. The average molecular weight is 383 g/mol. The van der Waals surface area contributed by atoms with Gasteiger partial charge in [0.1, 0.15) is 6.04 Å². The number of hydrogen-bond donors (Lipinski definition) is 2. The lowest BCUT2D eigenvalue weighted by Gasteiger charge is -2.35. The van der Waals surface area contributed by atoms with E-state index < -0.39 is 12.1 Å². The van der Waals surface area contributed by atoms with Crippen LogP contribution in [0.3, 0.4) is 0 Å². The molecule has 0 unspecified atom stereocenters. The second-order valence-corrected chi connectivity index (χ2v) is 6.28. The van der Waals surface area contributed by atoms with Gasteiger partial charge in [-0.25, -0.2) is 9.59 Å². The maximum Gasteiger partial charge on any atom is 0.409 e. The van der Waals surface area contributed by atoms with Crippen LogP contribution in [-0.2, 0) is 9.53 Å². The van der Waals surface area contributed by atoms with E-state index in [9.17, 15) is 14.4 Å². The summed E-state index contributed by atoms with van der Waals surface area (Å²) in [5.74, 6) is -0.199. The zero-order valence-electron chi connectivity index (χ0n) is 14.8. The topological polar surface area (TPSA) is 91.0 Å². The van der Waals surface area contributed by atoms with E-state index in [1.807, 2.05) is 0 Å². The Labute approximate surface area is 157 Å². The molecule has 142 valence electrons. The summed E-state index contributed by atoms with van der Waals surface area (Å²) in [4.78, 5) is 39.4. The normalized spacial score (nSPS) is 15.2. The molecule has 0 bridgehead atoms. The number of amides is 4. The maximum absolute atomic E-state index is 12.5. The number of carbonyl (C=O) groups excluding carboxylic acids is 3. The molecule has 0 spiro atoms. The van der Waals surface area contributed by atoms with Crippen molar-refractivity contribution < 1.29 is 19.1 Å². The highest BCUT2D eigenvalue weighted by molar-refractivity contribution is 6.30. The highest BCUT2D eigenvalue weighted by atomic mass is 35.5. The fraction of sp³-hybridized carbons (Fsp3) is 0.471. The molecule has 1 fully saturated rings. The molecule has 4 amide bonds. The van der Waals surface area contributed by atoms with Crippen molar-refractivity contribution in [1.82, 2.24) is 15.1 Å². The van der Waals surface area contributed by atoms with Crippen molar-refractivity contribution in [3.05, 3.63) is 29.3 Å². The zero-order chi connectivity index (χ0) is 19.1. The van der Waals surface area contributed by atoms with Gasteiger partial charge in [0.25, 0.3) is 0 Å². The average Bonchev–Trinajstić information content (AvgIpc) is 2.61. The van der Waals surface area contributed by atoms with Gasteiger partial charge in [-0.2, -0.15) is 0 Å². The van der Waals surface area contributed by atoms with Gasteiger partial charge in [0.05, 0.1) is 6.61 Å². The van der Waals surface area contributed by atoms with Crippen molar-refractivity contribution in [2.75, 3.05) is 38.1 Å². The van der Waals surface area contributed by atoms with Crippen molar-refractivity contribution in [1.29, 1.82) is 0 Å². The monoisotopic (exact) mass is 382 g/mol. The lowest BCUT2D eigenvalue weighted by molar-refractivity contribution is -0.134. The molecule has 1 atom stereocenters. The highest BCUT2D eigenvalue weighted by Gasteiger charge is 2.28. The van der Waals surface area contributed by atoms with E-state index in [1.54, 1.807) is 47.9 Å². The van der Waals surface area contributed by atoms with Crippen molar-refractivity contribution in [3.8, 4) is 0 Å². The van der Waals surface area contributed by atoms with Crippen molar-refractivity contribution in [2.45, 2.75) is 19.9 Å². The number of hydrogen-bond acceptors (Lipinski definition) is 4. The van der Waals surface area contributed by atoms with E-state index in [-0.39, 0.29) is 12.0 Å². The number of carbonyl (C=O) groups is 3. The number of rotatable bonds is 4. The van der Waals surface area contributed by atoms with Crippen molar-refractivity contribution >= 4 is 35.3 Å². The molecule has 0 aliphatic carbocycles. The van der Waals surface area contributed by atoms with E-state index in [0.717, 1.165) is 0 Å². The molecule has 1 heterocycles. The second-order valence-electron chi connectivity index (χ2n) is 5.84. The van der Waals surface area contributed by atoms with Gasteiger partial charge in [-0.05, 0) is 32.0 Å². The number of piperazine rings is 1. The Bertz CT molecular complexity index is 662.